The second kappa shape index (κ2) is 4.50. The molecular formula is C11H11NO3. The zero-order valence-electron chi connectivity index (χ0n) is 8.32. The summed E-state index contributed by atoms with van der Waals surface area (Å²) in [7, 11) is 0. The molecule has 0 bridgehead atoms. The molecule has 1 aromatic carbocycles. The van der Waals surface area contributed by atoms with Crippen LogP contribution in [-0.4, -0.2) is 17.5 Å². The molecule has 0 heterocycles. The first-order chi connectivity index (χ1) is 7.00. The quantitative estimate of drug-likeness (QED) is 0.587. The summed E-state index contributed by atoms with van der Waals surface area (Å²) in [5, 5.41) is 0. The standard InChI is InChI=1S/C11H11NO3/c1-7(13)6-10(14)8-2-4-9(5-3-8)11(12)15/h2-5H,6H2,1H3,(H2,12,15). The summed E-state index contributed by atoms with van der Waals surface area (Å²) < 4.78 is 0. The Bertz CT molecular complexity index is 406. The van der Waals surface area contributed by atoms with Gasteiger partial charge in [-0.3, -0.25) is 14.4 Å². The van der Waals surface area contributed by atoms with Gasteiger partial charge in [0.15, 0.2) is 5.78 Å². The molecule has 15 heavy (non-hydrogen) atoms. The van der Waals surface area contributed by atoms with Gasteiger partial charge in [0.1, 0.15) is 5.78 Å². The van der Waals surface area contributed by atoms with E-state index in [-0.39, 0.29) is 18.0 Å². The zero-order chi connectivity index (χ0) is 11.4. The number of benzene rings is 1. The van der Waals surface area contributed by atoms with E-state index in [0.717, 1.165) is 0 Å². The van der Waals surface area contributed by atoms with E-state index < -0.39 is 5.91 Å². The maximum absolute atomic E-state index is 11.4. The van der Waals surface area contributed by atoms with Crippen molar-refractivity contribution in [1.82, 2.24) is 0 Å². The van der Waals surface area contributed by atoms with E-state index in [0.29, 0.717) is 11.1 Å². The molecule has 0 atom stereocenters. The van der Waals surface area contributed by atoms with Crippen LogP contribution in [0, 0.1) is 0 Å². The van der Waals surface area contributed by atoms with Crippen molar-refractivity contribution in [2.75, 3.05) is 0 Å². The molecule has 0 aliphatic heterocycles. The van der Waals surface area contributed by atoms with Gasteiger partial charge in [0, 0.05) is 11.1 Å². The highest BCUT2D eigenvalue weighted by Gasteiger charge is 2.08. The van der Waals surface area contributed by atoms with Crippen LogP contribution in [0.5, 0.6) is 0 Å². The van der Waals surface area contributed by atoms with Gasteiger partial charge in [-0.1, -0.05) is 12.1 Å². The maximum Gasteiger partial charge on any atom is 0.248 e. The van der Waals surface area contributed by atoms with Gasteiger partial charge in [-0.05, 0) is 19.1 Å². The molecule has 0 aliphatic rings. The molecule has 1 aromatic rings. The zero-order valence-corrected chi connectivity index (χ0v) is 8.32. The second-order valence-electron chi connectivity index (χ2n) is 3.24. The number of nitrogens with two attached hydrogens (primary N) is 1. The number of hydrogen-bond acceptors (Lipinski definition) is 3. The second-order valence-corrected chi connectivity index (χ2v) is 3.24. The topological polar surface area (TPSA) is 77.2 Å². The van der Waals surface area contributed by atoms with Gasteiger partial charge in [-0.25, -0.2) is 0 Å². The van der Waals surface area contributed by atoms with Crippen molar-refractivity contribution >= 4 is 17.5 Å². The van der Waals surface area contributed by atoms with Crippen molar-refractivity contribution in [3.8, 4) is 0 Å². The molecule has 0 radical (unpaired) electrons. The summed E-state index contributed by atoms with van der Waals surface area (Å²) in [6.07, 6.45) is -0.115. The molecule has 0 saturated carbocycles. The summed E-state index contributed by atoms with van der Waals surface area (Å²) in [5.41, 5.74) is 5.80. The lowest BCUT2D eigenvalue weighted by Crippen LogP contribution is -2.11. The fraction of sp³-hybridized carbons (Fsp3) is 0.182. The van der Waals surface area contributed by atoms with Gasteiger partial charge < -0.3 is 5.73 Å². The lowest BCUT2D eigenvalue weighted by Gasteiger charge is -1.99. The van der Waals surface area contributed by atoms with Crippen molar-refractivity contribution < 1.29 is 14.4 Å². The van der Waals surface area contributed by atoms with Crippen LogP contribution in [0.15, 0.2) is 24.3 Å². The van der Waals surface area contributed by atoms with E-state index in [2.05, 4.69) is 0 Å². The first kappa shape index (κ1) is 11.1. The number of hydrogen-bond donors (Lipinski definition) is 1. The van der Waals surface area contributed by atoms with E-state index in [1.165, 1.54) is 31.2 Å². The smallest absolute Gasteiger partial charge is 0.248 e. The van der Waals surface area contributed by atoms with Crippen LogP contribution in [0.3, 0.4) is 0 Å². The fourth-order valence-electron chi connectivity index (χ4n) is 1.15. The maximum atomic E-state index is 11.4. The van der Waals surface area contributed by atoms with Crippen LogP contribution >= 0.6 is 0 Å². The van der Waals surface area contributed by atoms with Crippen molar-refractivity contribution in [2.45, 2.75) is 13.3 Å². The first-order valence-corrected chi connectivity index (χ1v) is 4.43. The summed E-state index contributed by atoms with van der Waals surface area (Å²) >= 11 is 0. The number of amides is 1. The van der Waals surface area contributed by atoms with Crippen LogP contribution in [0.2, 0.25) is 0 Å². The van der Waals surface area contributed by atoms with Gasteiger partial charge in [0.05, 0.1) is 6.42 Å². The molecule has 0 fully saturated rings. The highest BCUT2D eigenvalue weighted by molar-refractivity contribution is 6.07. The minimum Gasteiger partial charge on any atom is -0.366 e. The van der Waals surface area contributed by atoms with E-state index in [1.807, 2.05) is 0 Å². The lowest BCUT2D eigenvalue weighted by molar-refractivity contribution is -0.116. The predicted octanol–water partition coefficient (Wildman–Crippen LogP) is 0.947. The molecule has 0 aliphatic carbocycles. The van der Waals surface area contributed by atoms with E-state index in [9.17, 15) is 14.4 Å². The number of ketones is 2. The Morgan fingerprint density at radius 3 is 1.93 bits per heavy atom. The third-order valence-electron chi connectivity index (χ3n) is 1.90. The van der Waals surface area contributed by atoms with Crippen LogP contribution < -0.4 is 5.73 Å². The third-order valence-corrected chi connectivity index (χ3v) is 1.90. The van der Waals surface area contributed by atoms with Crippen molar-refractivity contribution in [3.63, 3.8) is 0 Å². The average molecular weight is 205 g/mol. The Morgan fingerprint density at radius 2 is 1.53 bits per heavy atom. The Labute approximate surface area is 87.1 Å². The Hall–Kier alpha value is -1.97. The largest absolute Gasteiger partial charge is 0.366 e. The molecule has 2 N–H and O–H groups in total. The Morgan fingerprint density at radius 1 is 1.07 bits per heavy atom. The molecular weight excluding hydrogens is 194 g/mol. The van der Waals surface area contributed by atoms with Gasteiger partial charge in [0.25, 0.3) is 0 Å². The molecule has 4 nitrogen and oxygen atoms in total. The number of Topliss-reactive ketones (excluding diaryl/α,β-unsaturated/α-hetero) is 2. The lowest BCUT2D eigenvalue weighted by atomic mass is 10.0. The minimum atomic E-state index is -0.541. The average Bonchev–Trinajstić information content (AvgIpc) is 2.17. The molecule has 4 heteroatoms. The van der Waals surface area contributed by atoms with Gasteiger partial charge >= 0.3 is 0 Å². The van der Waals surface area contributed by atoms with Crippen molar-refractivity contribution in [2.24, 2.45) is 5.73 Å². The van der Waals surface area contributed by atoms with Crippen LogP contribution in [-0.2, 0) is 4.79 Å². The molecule has 0 spiro atoms. The van der Waals surface area contributed by atoms with Gasteiger partial charge in [0.2, 0.25) is 5.91 Å². The summed E-state index contributed by atoms with van der Waals surface area (Å²) in [4.78, 5) is 32.8. The van der Waals surface area contributed by atoms with Crippen molar-refractivity contribution in [1.29, 1.82) is 0 Å². The summed E-state index contributed by atoms with van der Waals surface area (Å²) in [6.45, 7) is 1.36. The number of carbonyl (C=O) groups is 3. The minimum absolute atomic E-state index is 0.115. The Balaban J connectivity index is 2.84. The van der Waals surface area contributed by atoms with E-state index in [4.69, 9.17) is 5.73 Å². The SMILES string of the molecule is CC(=O)CC(=O)c1ccc(C(N)=O)cc1. The van der Waals surface area contributed by atoms with Crippen LogP contribution in [0.1, 0.15) is 34.1 Å². The fourth-order valence-corrected chi connectivity index (χ4v) is 1.15. The first-order valence-electron chi connectivity index (χ1n) is 4.43. The Kier molecular flexibility index (Phi) is 3.33. The highest BCUT2D eigenvalue weighted by atomic mass is 16.1. The molecule has 1 amide bonds. The van der Waals surface area contributed by atoms with Gasteiger partial charge in [-0.15, -0.1) is 0 Å². The third kappa shape index (κ3) is 3.02. The monoisotopic (exact) mass is 205 g/mol. The number of carbonyl (C=O) groups excluding carboxylic acids is 3. The molecule has 0 aromatic heterocycles. The molecule has 0 saturated heterocycles. The summed E-state index contributed by atoms with van der Waals surface area (Å²) in [6, 6.07) is 5.92. The van der Waals surface area contributed by atoms with Crippen molar-refractivity contribution in [3.05, 3.63) is 35.4 Å². The summed E-state index contributed by atoms with van der Waals surface area (Å²) in [5.74, 6) is -0.974. The van der Waals surface area contributed by atoms with Crippen LogP contribution in [0.4, 0.5) is 0 Å². The predicted molar refractivity (Wildman–Crippen MR) is 54.6 cm³/mol. The molecule has 1 rings (SSSR count). The van der Waals surface area contributed by atoms with Gasteiger partial charge in [-0.2, -0.15) is 0 Å². The normalized spacial score (nSPS) is 9.67. The highest BCUT2D eigenvalue weighted by Crippen LogP contribution is 2.06. The number of rotatable bonds is 4. The van der Waals surface area contributed by atoms with E-state index >= 15 is 0 Å². The molecule has 0 unspecified atom stereocenters. The van der Waals surface area contributed by atoms with E-state index in [1.54, 1.807) is 0 Å². The number of primary amides is 1. The molecule has 78 valence electrons. The van der Waals surface area contributed by atoms with Crippen LogP contribution in [0.25, 0.3) is 0 Å².